The molecule has 0 aromatic heterocycles. The van der Waals surface area contributed by atoms with Gasteiger partial charge < -0.3 is 20.3 Å². The molecule has 0 aliphatic rings. The van der Waals surface area contributed by atoms with Crippen LogP contribution in [0.3, 0.4) is 0 Å². The molecule has 0 bridgehead atoms. The van der Waals surface area contributed by atoms with E-state index in [0.717, 1.165) is 36.8 Å². The largest absolute Gasteiger partial charge is 0.492 e. The number of nitrogens with one attached hydrogen (secondary N) is 2. The van der Waals surface area contributed by atoms with Gasteiger partial charge in [0.05, 0.1) is 6.54 Å². The lowest BCUT2D eigenvalue weighted by Gasteiger charge is -2.22. The molecule has 0 aliphatic carbocycles. The van der Waals surface area contributed by atoms with Crippen LogP contribution in [-0.2, 0) is 6.42 Å². The van der Waals surface area contributed by atoms with Crippen molar-refractivity contribution in [2.75, 3.05) is 40.3 Å². The number of carbonyl (C=O) groups is 1. The van der Waals surface area contributed by atoms with Crippen LogP contribution in [0.1, 0.15) is 28.4 Å². The van der Waals surface area contributed by atoms with Crippen LogP contribution >= 0.6 is 0 Å². The minimum atomic E-state index is -0.0722. The predicted octanol–water partition coefficient (Wildman–Crippen LogP) is 2.87. The topological polar surface area (TPSA) is 66.0 Å². The minimum Gasteiger partial charge on any atom is -0.492 e. The zero-order valence-corrected chi connectivity index (χ0v) is 17.9. The minimum absolute atomic E-state index is 0.0722. The van der Waals surface area contributed by atoms with E-state index in [0.29, 0.717) is 18.7 Å². The van der Waals surface area contributed by atoms with Crippen molar-refractivity contribution < 1.29 is 9.53 Å². The van der Waals surface area contributed by atoms with Crippen molar-refractivity contribution in [1.82, 2.24) is 15.5 Å². The standard InChI is InChI=1S/C23H32N4O2/c1-5-25-23(27(4)15-16-29-21-11-9-18(2)10-12-21)26-14-13-19-7-6-8-20(17-19)22(28)24-3/h6-12,17H,5,13-16H2,1-4H3,(H,24,28)(H,25,26). The number of rotatable bonds is 9. The summed E-state index contributed by atoms with van der Waals surface area (Å²) in [5.41, 5.74) is 2.99. The van der Waals surface area contributed by atoms with Crippen LogP contribution in [0.4, 0.5) is 0 Å². The Bertz CT molecular complexity index is 803. The van der Waals surface area contributed by atoms with Gasteiger partial charge in [-0.3, -0.25) is 9.79 Å². The molecule has 6 heteroatoms. The Labute approximate surface area is 174 Å². The summed E-state index contributed by atoms with van der Waals surface area (Å²) in [7, 11) is 3.65. The van der Waals surface area contributed by atoms with E-state index in [4.69, 9.17) is 9.73 Å². The van der Waals surface area contributed by atoms with Gasteiger partial charge in [0.15, 0.2) is 5.96 Å². The number of carbonyl (C=O) groups excluding carboxylic acids is 1. The molecule has 0 heterocycles. The van der Waals surface area contributed by atoms with Crippen LogP contribution in [-0.4, -0.2) is 57.1 Å². The highest BCUT2D eigenvalue weighted by Gasteiger charge is 2.07. The quantitative estimate of drug-likeness (QED) is 0.505. The fraction of sp³-hybridized carbons (Fsp3) is 0.391. The maximum absolute atomic E-state index is 11.8. The van der Waals surface area contributed by atoms with Gasteiger partial charge >= 0.3 is 0 Å². The smallest absolute Gasteiger partial charge is 0.251 e. The maximum atomic E-state index is 11.8. The van der Waals surface area contributed by atoms with Gasteiger partial charge in [0.25, 0.3) is 5.91 Å². The number of hydrogen-bond acceptors (Lipinski definition) is 3. The number of likely N-dealkylation sites (N-methyl/N-ethyl adjacent to an activating group) is 1. The third-order valence-corrected chi connectivity index (χ3v) is 4.49. The molecule has 0 aliphatic heterocycles. The van der Waals surface area contributed by atoms with E-state index >= 15 is 0 Å². The third kappa shape index (κ3) is 7.49. The van der Waals surface area contributed by atoms with Gasteiger partial charge in [-0.15, -0.1) is 0 Å². The molecule has 2 aromatic rings. The molecular weight excluding hydrogens is 364 g/mol. The lowest BCUT2D eigenvalue weighted by atomic mass is 10.1. The summed E-state index contributed by atoms with van der Waals surface area (Å²) >= 11 is 0. The van der Waals surface area contributed by atoms with Crippen molar-refractivity contribution >= 4 is 11.9 Å². The Hall–Kier alpha value is -3.02. The van der Waals surface area contributed by atoms with Crippen LogP contribution in [0.15, 0.2) is 53.5 Å². The molecule has 6 nitrogen and oxygen atoms in total. The highest BCUT2D eigenvalue weighted by atomic mass is 16.5. The zero-order chi connectivity index (χ0) is 21.1. The molecule has 0 atom stereocenters. The molecule has 2 aromatic carbocycles. The third-order valence-electron chi connectivity index (χ3n) is 4.49. The number of ether oxygens (including phenoxy) is 1. The number of hydrogen-bond donors (Lipinski definition) is 2. The average Bonchev–Trinajstić information content (AvgIpc) is 2.74. The molecule has 0 radical (unpaired) electrons. The monoisotopic (exact) mass is 396 g/mol. The van der Waals surface area contributed by atoms with Crippen LogP contribution in [0.25, 0.3) is 0 Å². The van der Waals surface area contributed by atoms with E-state index in [2.05, 4.69) is 29.4 Å². The SMILES string of the molecule is CCNC(=NCCc1cccc(C(=O)NC)c1)N(C)CCOc1ccc(C)cc1. The Morgan fingerprint density at radius 1 is 1.17 bits per heavy atom. The fourth-order valence-corrected chi connectivity index (χ4v) is 2.81. The van der Waals surface area contributed by atoms with Crippen molar-refractivity contribution in [2.45, 2.75) is 20.3 Å². The molecular formula is C23H32N4O2. The number of guanidine groups is 1. The molecule has 0 fully saturated rings. The molecule has 29 heavy (non-hydrogen) atoms. The van der Waals surface area contributed by atoms with Crippen LogP contribution in [0.2, 0.25) is 0 Å². The second-order valence-corrected chi connectivity index (χ2v) is 6.85. The van der Waals surface area contributed by atoms with Gasteiger partial charge in [-0.1, -0.05) is 29.8 Å². The molecule has 2 N–H and O–H groups in total. The molecule has 0 saturated carbocycles. The number of amides is 1. The normalized spacial score (nSPS) is 11.1. The van der Waals surface area contributed by atoms with E-state index in [1.54, 1.807) is 7.05 Å². The molecule has 156 valence electrons. The second-order valence-electron chi connectivity index (χ2n) is 6.85. The lowest BCUT2D eigenvalue weighted by Crippen LogP contribution is -2.41. The van der Waals surface area contributed by atoms with Gasteiger partial charge in [-0.05, 0) is 50.1 Å². The zero-order valence-electron chi connectivity index (χ0n) is 17.9. The molecule has 0 spiro atoms. The van der Waals surface area contributed by atoms with Crippen molar-refractivity contribution in [3.05, 3.63) is 65.2 Å². The number of benzene rings is 2. The lowest BCUT2D eigenvalue weighted by molar-refractivity contribution is 0.0963. The van der Waals surface area contributed by atoms with Crippen molar-refractivity contribution in [3.8, 4) is 5.75 Å². The number of nitrogens with zero attached hydrogens (tertiary/aromatic N) is 2. The summed E-state index contributed by atoms with van der Waals surface area (Å²) in [5.74, 6) is 1.65. The van der Waals surface area contributed by atoms with Crippen molar-refractivity contribution in [2.24, 2.45) is 4.99 Å². The Kier molecular flexibility index (Phi) is 9.02. The second kappa shape index (κ2) is 11.7. The summed E-state index contributed by atoms with van der Waals surface area (Å²) in [6.45, 7) is 6.87. The molecule has 0 unspecified atom stereocenters. The van der Waals surface area contributed by atoms with E-state index in [1.807, 2.05) is 55.6 Å². The Morgan fingerprint density at radius 3 is 2.62 bits per heavy atom. The summed E-state index contributed by atoms with van der Waals surface area (Å²) in [6, 6.07) is 15.7. The number of aliphatic imine (C=N–C) groups is 1. The first-order valence-corrected chi connectivity index (χ1v) is 10.0. The van der Waals surface area contributed by atoms with Crippen LogP contribution in [0, 0.1) is 6.92 Å². The molecule has 0 saturated heterocycles. The summed E-state index contributed by atoms with van der Waals surface area (Å²) in [4.78, 5) is 18.6. The molecule has 2 rings (SSSR count). The highest BCUT2D eigenvalue weighted by Crippen LogP contribution is 2.11. The number of aryl methyl sites for hydroxylation is 1. The summed E-state index contributed by atoms with van der Waals surface area (Å²) in [5, 5.41) is 5.97. The predicted molar refractivity (Wildman–Crippen MR) is 119 cm³/mol. The van der Waals surface area contributed by atoms with E-state index in [1.165, 1.54) is 5.56 Å². The Morgan fingerprint density at radius 2 is 1.93 bits per heavy atom. The van der Waals surface area contributed by atoms with Gasteiger partial charge in [0.1, 0.15) is 12.4 Å². The highest BCUT2D eigenvalue weighted by molar-refractivity contribution is 5.94. The first kappa shape index (κ1) is 22.3. The van der Waals surface area contributed by atoms with Gasteiger partial charge in [-0.2, -0.15) is 0 Å². The Balaban J connectivity index is 1.87. The van der Waals surface area contributed by atoms with E-state index in [-0.39, 0.29) is 5.91 Å². The summed E-state index contributed by atoms with van der Waals surface area (Å²) < 4.78 is 5.82. The maximum Gasteiger partial charge on any atom is 0.251 e. The first-order valence-electron chi connectivity index (χ1n) is 10.0. The van der Waals surface area contributed by atoms with Crippen molar-refractivity contribution in [1.29, 1.82) is 0 Å². The average molecular weight is 397 g/mol. The van der Waals surface area contributed by atoms with Gasteiger partial charge in [0.2, 0.25) is 0 Å². The molecule has 1 amide bonds. The van der Waals surface area contributed by atoms with Gasteiger partial charge in [-0.25, -0.2) is 0 Å². The fourth-order valence-electron chi connectivity index (χ4n) is 2.81. The van der Waals surface area contributed by atoms with Gasteiger partial charge in [0, 0.05) is 32.7 Å². The van der Waals surface area contributed by atoms with Crippen molar-refractivity contribution in [3.63, 3.8) is 0 Å². The summed E-state index contributed by atoms with van der Waals surface area (Å²) in [6.07, 6.45) is 0.771. The van der Waals surface area contributed by atoms with E-state index in [9.17, 15) is 4.79 Å². The van der Waals surface area contributed by atoms with Crippen LogP contribution in [0.5, 0.6) is 5.75 Å². The van der Waals surface area contributed by atoms with E-state index < -0.39 is 0 Å². The first-order chi connectivity index (χ1) is 14.0. The van der Waals surface area contributed by atoms with Crippen LogP contribution < -0.4 is 15.4 Å².